The van der Waals surface area contributed by atoms with Crippen LogP contribution in [0.3, 0.4) is 0 Å². The third-order valence-corrected chi connectivity index (χ3v) is 2.14. The zero-order chi connectivity index (χ0) is 15.7. The molecule has 0 saturated heterocycles. The fourth-order valence-electron chi connectivity index (χ4n) is 1.44. The molecule has 122 valence electrons. The van der Waals surface area contributed by atoms with Gasteiger partial charge in [0.25, 0.3) is 0 Å². The van der Waals surface area contributed by atoms with Gasteiger partial charge in [0.15, 0.2) is 0 Å². The fraction of sp³-hybridized carbons (Fsp3) is 0.600. The smallest absolute Gasteiger partial charge is 0.549 e. The van der Waals surface area contributed by atoms with Gasteiger partial charge in [-0.15, -0.1) is 0 Å². The van der Waals surface area contributed by atoms with Crippen molar-refractivity contribution < 1.29 is 163 Å². The van der Waals surface area contributed by atoms with Gasteiger partial charge in [0.1, 0.15) is 0 Å². The van der Waals surface area contributed by atoms with E-state index in [0.717, 1.165) is 9.80 Å². The van der Waals surface area contributed by atoms with E-state index in [2.05, 4.69) is 0 Å². The van der Waals surface area contributed by atoms with Crippen molar-refractivity contribution in [3.8, 4) is 0 Å². The molecule has 0 atom stereocenters. The Morgan fingerprint density at radius 3 is 0.808 bits per heavy atom. The van der Waals surface area contributed by atoms with Crippen molar-refractivity contribution in [2.75, 3.05) is 39.3 Å². The zero-order valence-corrected chi connectivity index (χ0v) is 25.8. The molecule has 0 heterocycles. The Bertz CT molecular complexity index is 339. The number of rotatable bonds is 11. The molecule has 0 rings (SSSR count). The maximum Gasteiger partial charge on any atom is 2.00 e. The average Bonchev–Trinajstić information content (AvgIpc) is 2.22. The molecule has 11 nitrogen and oxygen atoms in total. The number of carboxylic acid groups (broad SMARTS) is 4. The zero-order valence-electron chi connectivity index (χ0n) is 15.6. The van der Waals surface area contributed by atoms with Crippen molar-refractivity contribution >= 4 is 61.6 Å². The van der Waals surface area contributed by atoms with Crippen LogP contribution in [0.5, 0.6) is 0 Å². The molecule has 16 heteroatoms. The van der Waals surface area contributed by atoms with Gasteiger partial charge in [-0.2, -0.15) is 0 Å². The van der Waals surface area contributed by atoms with E-state index in [1.54, 1.807) is 0 Å². The fourth-order valence-corrected chi connectivity index (χ4v) is 1.44. The van der Waals surface area contributed by atoms with Crippen LogP contribution in [0.1, 0.15) is 0 Å². The molecule has 0 fully saturated rings. The maximum absolute atomic E-state index is 10.4. The van der Waals surface area contributed by atoms with Crippen molar-refractivity contribution in [1.29, 1.82) is 0 Å². The molecule has 0 bridgehead atoms. The predicted molar refractivity (Wildman–Crippen MR) is 62.3 cm³/mol. The summed E-state index contributed by atoms with van der Waals surface area (Å²) in [6.07, 6.45) is 0. The Hall–Kier alpha value is 3.02. The van der Waals surface area contributed by atoms with E-state index < -0.39 is 50.1 Å². The molecule has 0 aliphatic heterocycles. The average molecular weight is 438 g/mol. The number of carbonyl (C=O) groups excluding carboxylic acids is 4. The van der Waals surface area contributed by atoms with E-state index >= 15 is 0 Å². The molecule has 0 saturated carbocycles. The van der Waals surface area contributed by atoms with Crippen molar-refractivity contribution in [3.63, 3.8) is 0 Å². The number of hydrogen-bond donors (Lipinski definition) is 0. The second kappa shape index (κ2) is 28.0. The molecule has 0 amide bonds. The molecule has 0 aromatic rings. The second-order valence-corrected chi connectivity index (χ2v) is 3.91. The first-order valence-electron chi connectivity index (χ1n) is 5.44. The van der Waals surface area contributed by atoms with Crippen LogP contribution in [0.25, 0.3) is 0 Å². The van der Waals surface area contributed by atoms with Gasteiger partial charge in [0.05, 0.1) is 23.9 Å². The third kappa shape index (κ3) is 31.7. The van der Waals surface area contributed by atoms with Gasteiger partial charge in [-0.3, -0.25) is 9.80 Å². The molecule has 2 N–H and O–H groups in total. The topological polar surface area (TPSA) is 198 Å². The Labute approximate surface area is 269 Å². The summed E-state index contributed by atoms with van der Waals surface area (Å²) in [4.78, 5) is 43.4. The number of hydrogen-bond acceptors (Lipinski definition) is 10. The molecule has 0 aliphatic carbocycles. The molecule has 0 aromatic carbocycles. The minimum absolute atomic E-state index is 0. The van der Waals surface area contributed by atoms with Crippen LogP contribution in [0.4, 0.5) is 0 Å². The summed E-state index contributed by atoms with van der Waals surface area (Å²) < 4.78 is 0. The van der Waals surface area contributed by atoms with Gasteiger partial charge in [-0.05, 0) is 0 Å². The van der Waals surface area contributed by atoms with Crippen molar-refractivity contribution in [2.45, 2.75) is 0 Å². The standard InChI is InChI=1S/C10H16N2O8.Ca.4Na.H2O/c13-7(14)3-11(4-8(15)16)1-2-12(5-9(17)18)6-10(19)20;;;;;;/h1-6H2,(H,13,14)(H,15,16)(H,17,18)(H,19,20);;;;;;1H2/q;+2;4*+1;/p-4. The minimum Gasteiger partial charge on any atom is -0.549 e. The van der Waals surface area contributed by atoms with Crippen LogP contribution < -0.4 is 139 Å². The van der Waals surface area contributed by atoms with Crippen LogP contribution >= 0.6 is 0 Å². The van der Waals surface area contributed by atoms with E-state index in [9.17, 15) is 39.6 Å². The van der Waals surface area contributed by atoms with Gasteiger partial charge in [-0.1, -0.05) is 0 Å². The van der Waals surface area contributed by atoms with Crippen LogP contribution in [0.15, 0.2) is 0 Å². The molecule has 0 aliphatic rings. The van der Waals surface area contributed by atoms with Gasteiger partial charge >= 0.3 is 156 Å². The quantitative estimate of drug-likeness (QED) is 0.279. The first kappa shape index (κ1) is 47.0. The summed E-state index contributed by atoms with van der Waals surface area (Å²) in [7, 11) is 0. The Balaban J connectivity index is -0.000000120. The summed E-state index contributed by atoms with van der Waals surface area (Å²) in [5, 5.41) is 41.6. The van der Waals surface area contributed by atoms with E-state index in [0.29, 0.717) is 0 Å². The van der Waals surface area contributed by atoms with E-state index in [-0.39, 0.29) is 175 Å². The molecule has 0 aromatic heterocycles. The van der Waals surface area contributed by atoms with E-state index in [1.807, 2.05) is 0 Å². The first-order chi connectivity index (χ1) is 9.20. The molecular weight excluding hydrogens is 424 g/mol. The monoisotopic (exact) mass is 438 g/mol. The second-order valence-electron chi connectivity index (χ2n) is 3.91. The van der Waals surface area contributed by atoms with E-state index in [4.69, 9.17) is 0 Å². The largest absolute Gasteiger partial charge is 2.00 e. The Morgan fingerprint density at radius 2 is 0.692 bits per heavy atom. The SMILES string of the molecule is O.O=C([O-])CN(CCN(CC(=O)[O-])CC(=O)[O-])CC(=O)[O-].[Ca+2].[Na+].[Na+].[Na+].[Na+]. The van der Waals surface area contributed by atoms with Gasteiger partial charge in [0.2, 0.25) is 0 Å². The maximum atomic E-state index is 10.4. The van der Waals surface area contributed by atoms with E-state index in [1.165, 1.54) is 0 Å². The third-order valence-electron chi connectivity index (χ3n) is 2.14. The molecular formula is C10H14CaN2Na4O9+2. The van der Waals surface area contributed by atoms with Gasteiger partial charge in [-0.25, -0.2) is 0 Å². The summed E-state index contributed by atoms with van der Waals surface area (Å²) in [5.74, 6) is -6.12. The van der Waals surface area contributed by atoms with Crippen LogP contribution in [0, 0.1) is 0 Å². The van der Waals surface area contributed by atoms with Crippen molar-refractivity contribution in [2.24, 2.45) is 0 Å². The first-order valence-corrected chi connectivity index (χ1v) is 5.44. The Kier molecular flexibility index (Phi) is 50.6. The number of carbonyl (C=O) groups is 4. The summed E-state index contributed by atoms with van der Waals surface area (Å²) in [6, 6.07) is 0. The van der Waals surface area contributed by atoms with Gasteiger partial charge in [0, 0.05) is 39.3 Å². The molecule has 26 heavy (non-hydrogen) atoms. The summed E-state index contributed by atoms with van der Waals surface area (Å²) in [5.41, 5.74) is 0. The molecule has 0 unspecified atom stereocenters. The summed E-state index contributed by atoms with van der Waals surface area (Å²) >= 11 is 0. The van der Waals surface area contributed by atoms with Crippen LogP contribution in [0.2, 0.25) is 0 Å². The predicted octanol–water partition coefficient (Wildman–Crippen LogP) is -20.6. The normalized spacial score (nSPS) is 8.23. The van der Waals surface area contributed by atoms with Crippen molar-refractivity contribution in [3.05, 3.63) is 0 Å². The number of aliphatic carboxylic acids is 4. The Morgan fingerprint density at radius 1 is 0.538 bits per heavy atom. The molecule has 0 spiro atoms. The van der Waals surface area contributed by atoms with Crippen molar-refractivity contribution in [1.82, 2.24) is 9.80 Å². The molecule has 0 radical (unpaired) electrons. The van der Waals surface area contributed by atoms with Crippen LogP contribution in [-0.4, -0.2) is 116 Å². The number of nitrogens with zero attached hydrogens (tertiary/aromatic N) is 2. The number of carboxylic acids is 4. The minimum atomic E-state index is -1.53. The summed E-state index contributed by atoms with van der Waals surface area (Å²) in [6.45, 7) is -3.25. The van der Waals surface area contributed by atoms with Gasteiger partial charge < -0.3 is 45.1 Å². The van der Waals surface area contributed by atoms with Crippen LogP contribution in [-0.2, 0) is 19.2 Å².